The van der Waals surface area contributed by atoms with Crippen LogP contribution in [0.15, 0.2) is 30.5 Å². The van der Waals surface area contributed by atoms with Crippen molar-refractivity contribution >= 4 is 16.6 Å². The highest BCUT2D eigenvalue weighted by molar-refractivity contribution is 5.89. The van der Waals surface area contributed by atoms with Crippen LogP contribution in [0.4, 0.5) is 5.69 Å². The van der Waals surface area contributed by atoms with Crippen molar-refractivity contribution in [3.8, 4) is 0 Å². The number of rotatable bonds is 2. The number of hydrogen-bond donors (Lipinski definition) is 0. The molecule has 3 rings (SSSR count). The number of nitro groups is 1. The molecule has 0 amide bonds. The Balaban J connectivity index is 2.15. The van der Waals surface area contributed by atoms with Gasteiger partial charge in [-0.1, -0.05) is 6.07 Å². The molecule has 0 spiro atoms. The zero-order chi connectivity index (χ0) is 11.8. The van der Waals surface area contributed by atoms with Crippen LogP contribution in [0.3, 0.4) is 0 Å². The predicted octanol–water partition coefficient (Wildman–Crippen LogP) is 2.86. The molecule has 2 heterocycles. The van der Waals surface area contributed by atoms with E-state index in [1.165, 1.54) is 6.07 Å². The van der Waals surface area contributed by atoms with Gasteiger partial charge in [-0.3, -0.25) is 10.1 Å². The summed E-state index contributed by atoms with van der Waals surface area (Å²) in [6, 6.07) is 6.92. The minimum Gasteiger partial charge on any atom is -0.358 e. The first-order valence-electron chi connectivity index (χ1n) is 5.63. The maximum absolute atomic E-state index is 10.9. The van der Waals surface area contributed by atoms with Crippen molar-refractivity contribution in [2.24, 2.45) is 0 Å². The second-order valence-electron chi connectivity index (χ2n) is 4.16. The number of non-ortho nitro benzene ring substituents is 1. The van der Waals surface area contributed by atoms with Gasteiger partial charge in [-0.2, -0.15) is 0 Å². The van der Waals surface area contributed by atoms with E-state index in [4.69, 9.17) is 4.74 Å². The van der Waals surface area contributed by atoms with E-state index in [1.807, 2.05) is 16.8 Å². The van der Waals surface area contributed by atoms with Gasteiger partial charge >= 0.3 is 0 Å². The average molecular weight is 232 g/mol. The van der Waals surface area contributed by atoms with Crippen molar-refractivity contribution in [3.05, 3.63) is 40.6 Å². The van der Waals surface area contributed by atoms with Crippen LogP contribution >= 0.6 is 0 Å². The highest BCUT2D eigenvalue weighted by atomic mass is 16.6. The van der Waals surface area contributed by atoms with Crippen molar-refractivity contribution in [3.63, 3.8) is 0 Å². The molecule has 1 aliphatic rings. The summed E-state index contributed by atoms with van der Waals surface area (Å²) in [5.41, 5.74) is 1.02. The molecule has 5 heteroatoms. The summed E-state index contributed by atoms with van der Waals surface area (Å²) < 4.78 is 7.58. The highest BCUT2D eigenvalue weighted by Gasteiger charge is 2.21. The third kappa shape index (κ3) is 1.59. The van der Waals surface area contributed by atoms with Crippen molar-refractivity contribution in [1.82, 2.24) is 4.57 Å². The quantitative estimate of drug-likeness (QED) is 0.591. The molecule has 0 radical (unpaired) electrons. The van der Waals surface area contributed by atoms with Crippen LogP contribution in [0.5, 0.6) is 0 Å². The summed E-state index contributed by atoms with van der Waals surface area (Å²) in [7, 11) is 0. The Hall–Kier alpha value is -1.88. The molecule has 1 fully saturated rings. The van der Waals surface area contributed by atoms with Crippen molar-refractivity contribution < 1.29 is 9.66 Å². The Bertz CT molecular complexity index is 570. The van der Waals surface area contributed by atoms with E-state index < -0.39 is 0 Å². The highest BCUT2D eigenvalue weighted by Crippen LogP contribution is 2.31. The van der Waals surface area contributed by atoms with E-state index in [1.54, 1.807) is 12.1 Å². The number of nitro benzene ring substituents is 1. The predicted molar refractivity (Wildman–Crippen MR) is 62.8 cm³/mol. The molecule has 2 aromatic rings. The Labute approximate surface area is 97.8 Å². The van der Waals surface area contributed by atoms with Crippen molar-refractivity contribution in [1.29, 1.82) is 0 Å². The lowest BCUT2D eigenvalue weighted by Crippen LogP contribution is -2.05. The summed E-state index contributed by atoms with van der Waals surface area (Å²) in [5.74, 6) is 0. The fourth-order valence-corrected chi connectivity index (χ4v) is 2.36. The Kier molecular flexibility index (Phi) is 2.33. The fourth-order valence-electron chi connectivity index (χ4n) is 2.36. The van der Waals surface area contributed by atoms with Gasteiger partial charge in [0.1, 0.15) is 6.23 Å². The fraction of sp³-hybridized carbons (Fsp3) is 0.333. The van der Waals surface area contributed by atoms with Gasteiger partial charge in [0, 0.05) is 18.9 Å². The zero-order valence-electron chi connectivity index (χ0n) is 9.20. The zero-order valence-corrected chi connectivity index (χ0v) is 9.20. The van der Waals surface area contributed by atoms with Crippen LogP contribution < -0.4 is 0 Å². The molecular formula is C12H12N2O3. The minimum atomic E-state index is -0.345. The molecule has 88 valence electrons. The average Bonchev–Trinajstić information content (AvgIpc) is 2.96. The molecular weight excluding hydrogens is 220 g/mol. The van der Waals surface area contributed by atoms with E-state index in [-0.39, 0.29) is 16.8 Å². The molecule has 1 aliphatic heterocycles. The maximum Gasteiger partial charge on any atom is 0.278 e. The van der Waals surface area contributed by atoms with E-state index in [2.05, 4.69) is 0 Å². The Morgan fingerprint density at radius 2 is 2.29 bits per heavy atom. The van der Waals surface area contributed by atoms with E-state index in [9.17, 15) is 10.1 Å². The van der Waals surface area contributed by atoms with Crippen LogP contribution in [-0.2, 0) is 4.74 Å². The summed E-state index contributed by atoms with van der Waals surface area (Å²) in [4.78, 5) is 10.6. The van der Waals surface area contributed by atoms with Gasteiger partial charge in [-0.05, 0) is 25.0 Å². The molecule has 1 aromatic carbocycles. The molecule has 17 heavy (non-hydrogen) atoms. The third-order valence-corrected chi connectivity index (χ3v) is 3.15. The topological polar surface area (TPSA) is 57.3 Å². The number of benzene rings is 1. The SMILES string of the molecule is O=[N+]([O-])c1cccc2c1ccn2C1CCCO1. The van der Waals surface area contributed by atoms with Gasteiger partial charge in [0.15, 0.2) is 0 Å². The van der Waals surface area contributed by atoms with Gasteiger partial charge in [-0.15, -0.1) is 0 Å². The van der Waals surface area contributed by atoms with Gasteiger partial charge in [-0.25, -0.2) is 0 Å². The molecule has 5 nitrogen and oxygen atoms in total. The Morgan fingerprint density at radius 1 is 1.41 bits per heavy atom. The monoisotopic (exact) mass is 232 g/mol. The summed E-state index contributed by atoms with van der Waals surface area (Å²) in [5, 5.41) is 11.6. The third-order valence-electron chi connectivity index (χ3n) is 3.15. The second kappa shape index (κ2) is 3.85. The summed E-state index contributed by atoms with van der Waals surface area (Å²) in [6.07, 6.45) is 3.90. The first-order valence-corrected chi connectivity index (χ1v) is 5.63. The van der Waals surface area contributed by atoms with Crippen LogP contribution in [0.25, 0.3) is 10.9 Å². The molecule has 1 saturated heterocycles. The van der Waals surface area contributed by atoms with Gasteiger partial charge in [0.2, 0.25) is 0 Å². The van der Waals surface area contributed by atoms with Crippen LogP contribution in [0.2, 0.25) is 0 Å². The van der Waals surface area contributed by atoms with E-state index >= 15 is 0 Å². The number of nitrogens with zero attached hydrogens (tertiary/aromatic N) is 2. The largest absolute Gasteiger partial charge is 0.358 e. The first-order chi connectivity index (χ1) is 8.27. The Morgan fingerprint density at radius 3 is 3.00 bits per heavy atom. The lowest BCUT2D eigenvalue weighted by Gasteiger charge is -2.12. The molecule has 1 unspecified atom stereocenters. The molecule has 0 aliphatic carbocycles. The minimum absolute atomic E-state index is 0.0227. The maximum atomic E-state index is 10.9. The second-order valence-corrected chi connectivity index (χ2v) is 4.16. The number of fused-ring (bicyclic) bond motifs is 1. The van der Waals surface area contributed by atoms with Crippen LogP contribution in [0.1, 0.15) is 19.1 Å². The normalized spacial score (nSPS) is 19.9. The molecule has 0 bridgehead atoms. The van der Waals surface area contributed by atoms with Crippen molar-refractivity contribution in [2.45, 2.75) is 19.1 Å². The van der Waals surface area contributed by atoms with Crippen LogP contribution in [-0.4, -0.2) is 16.1 Å². The molecule has 1 atom stereocenters. The lowest BCUT2D eigenvalue weighted by molar-refractivity contribution is -0.383. The van der Waals surface area contributed by atoms with E-state index in [0.717, 1.165) is 25.0 Å². The molecule has 0 N–H and O–H groups in total. The van der Waals surface area contributed by atoms with Crippen molar-refractivity contribution in [2.75, 3.05) is 6.61 Å². The summed E-state index contributed by atoms with van der Waals surface area (Å²) >= 11 is 0. The molecule has 1 aromatic heterocycles. The van der Waals surface area contributed by atoms with Gasteiger partial charge in [0.25, 0.3) is 5.69 Å². The molecule has 0 saturated carbocycles. The smallest absolute Gasteiger partial charge is 0.278 e. The van der Waals surface area contributed by atoms with Gasteiger partial charge in [0.05, 0.1) is 15.8 Å². The van der Waals surface area contributed by atoms with Gasteiger partial charge < -0.3 is 9.30 Å². The first kappa shape index (κ1) is 10.3. The standard InChI is InChI=1S/C12H12N2O3/c15-14(16)11-4-1-3-10-9(11)6-7-13(10)12-5-2-8-17-12/h1,3-4,6-7,12H,2,5,8H2. The number of hydrogen-bond acceptors (Lipinski definition) is 3. The van der Waals surface area contributed by atoms with Crippen LogP contribution in [0, 0.1) is 10.1 Å². The summed E-state index contributed by atoms with van der Waals surface area (Å²) in [6.45, 7) is 0.763. The lowest BCUT2D eigenvalue weighted by atomic mass is 10.2. The number of ether oxygens (including phenoxy) is 1. The number of aromatic nitrogens is 1. The van der Waals surface area contributed by atoms with E-state index in [0.29, 0.717) is 5.39 Å².